The first-order valence-corrected chi connectivity index (χ1v) is 8.13. The summed E-state index contributed by atoms with van der Waals surface area (Å²) < 4.78 is 9.86. The minimum absolute atomic E-state index is 0.110. The number of rotatable bonds is 0. The maximum Gasteiger partial charge on any atom is 0.300 e. The lowest BCUT2D eigenvalue weighted by Gasteiger charge is -2.04. The molecule has 0 bridgehead atoms. The highest BCUT2D eigenvalue weighted by Crippen LogP contribution is 2.28. The molecule has 0 spiro atoms. The van der Waals surface area contributed by atoms with Crippen LogP contribution in [0.5, 0.6) is 0 Å². The Morgan fingerprint density at radius 2 is 2.00 bits per heavy atom. The molecule has 3 aromatic heterocycles. The molecule has 26 heavy (non-hydrogen) atoms. The largest absolute Gasteiger partial charge is 0.454 e. The van der Waals surface area contributed by atoms with E-state index in [0.717, 1.165) is 27.5 Å². The van der Waals surface area contributed by atoms with Crippen molar-refractivity contribution in [1.82, 2.24) is 4.40 Å². The second-order valence-electron chi connectivity index (χ2n) is 6.33. The van der Waals surface area contributed by atoms with Crippen LogP contribution >= 0.6 is 0 Å². The molecule has 0 saturated carbocycles. The molecule has 0 fully saturated rings. The average molecular weight is 340 g/mol. The molecule has 5 rings (SSSR count). The monoisotopic (exact) mass is 340 g/mol. The Hall–Kier alpha value is -3.85. The number of nitrogens with zero attached hydrogens (tertiary/aromatic N) is 3. The summed E-state index contributed by atoms with van der Waals surface area (Å²) in [6.45, 7) is 0. The molecule has 3 heterocycles. The normalized spacial score (nSPS) is 11.5. The zero-order valence-corrected chi connectivity index (χ0v) is 13.9. The fourth-order valence-corrected chi connectivity index (χ4v) is 3.66. The number of nitrogen functional groups attached to an aromatic ring is 1. The van der Waals surface area contributed by atoms with Crippen molar-refractivity contribution in [2.24, 2.45) is 7.05 Å². The number of benzene rings is 2. The van der Waals surface area contributed by atoms with E-state index in [9.17, 15) is 5.26 Å². The number of aromatic nitrogens is 2. The Morgan fingerprint density at radius 3 is 2.81 bits per heavy atom. The highest BCUT2D eigenvalue weighted by molar-refractivity contribution is 6.00. The minimum atomic E-state index is 0.110. The summed E-state index contributed by atoms with van der Waals surface area (Å²) in [6, 6.07) is 17.4. The van der Waals surface area contributed by atoms with Crippen LogP contribution < -0.4 is 15.8 Å². The standard InChI is InChI=1S/C20H13N5O/c1-24-15-4-2-3-5-16(15)25-19(23)14(10-21)18-13(20(24)25)8-11-6-7-12(22)9-17(11)26-18/h2-9,22-23H,1H3/p+1. The van der Waals surface area contributed by atoms with E-state index in [2.05, 4.69) is 6.07 Å². The Balaban J connectivity index is 2.17. The minimum Gasteiger partial charge on any atom is -0.454 e. The van der Waals surface area contributed by atoms with Crippen molar-refractivity contribution in [2.75, 3.05) is 5.73 Å². The number of fused-ring (bicyclic) bond motifs is 6. The van der Waals surface area contributed by atoms with E-state index in [-0.39, 0.29) is 11.1 Å². The molecule has 6 heteroatoms. The molecular formula is C20H14N5O+. The van der Waals surface area contributed by atoms with Crippen LogP contribution in [-0.2, 0) is 7.05 Å². The highest BCUT2D eigenvalue weighted by atomic mass is 16.3. The van der Waals surface area contributed by atoms with Gasteiger partial charge in [-0.1, -0.05) is 12.1 Å². The van der Waals surface area contributed by atoms with Gasteiger partial charge in [-0.05, 0) is 30.3 Å². The number of nitriles is 1. The summed E-state index contributed by atoms with van der Waals surface area (Å²) in [6.07, 6.45) is 0. The van der Waals surface area contributed by atoms with E-state index in [1.165, 1.54) is 0 Å². The van der Waals surface area contributed by atoms with Crippen molar-refractivity contribution in [3.05, 3.63) is 59.6 Å². The summed E-state index contributed by atoms with van der Waals surface area (Å²) in [5.41, 5.74) is 10.4. The third kappa shape index (κ3) is 1.69. The first-order valence-electron chi connectivity index (χ1n) is 8.13. The number of nitrogens with two attached hydrogens (primary N) is 1. The van der Waals surface area contributed by atoms with E-state index in [4.69, 9.17) is 15.6 Å². The van der Waals surface area contributed by atoms with Crippen molar-refractivity contribution in [1.29, 1.82) is 10.7 Å². The Morgan fingerprint density at radius 1 is 1.19 bits per heavy atom. The van der Waals surface area contributed by atoms with Crippen LogP contribution in [-0.4, -0.2) is 4.40 Å². The van der Waals surface area contributed by atoms with Gasteiger partial charge in [0.25, 0.3) is 5.65 Å². The van der Waals surface area contributed by atoms with Gasteiger partial charge in [0.2, 0.25) is 5.49 Å². The van der Waals surface area contributed by atoms with Gasteiger partial charge in [0.15, 0.2) is 22.2 Å². The van der Waals surface area contributed by atoms with Gasteiger partial charge in [0, 0.05) is 17.1 Å². The maximum atomic E-state index is 9.71. The Bertz CT molecular complexity index is 1480. The van der Waals surface area contributed by atoms with Crippen molar-refractivity contribution >= 4 is 44.3 Å². The second-order valence-corrected chi connectivity index (χ2v) is 6.33. The van der Waals surface area contributed by atoms with Crippen LogP contribution in [0.1, 0.15) is 5.56 Å². The topological polar surface area (TPSA) is 95.1 Å². The zero-order chi connectivity index (χ0) is 18.0. The molecule has 2 aromatic carbocycles. The van der Waals surface area contributed by atoms with Crippen LogP contribution in [0.3, 0.4) is 0 Å². The van der Waals surface area contributed by atoms with Gasteiger partial charge in [0.05, 0.1) is 7.05 Å². The van der Waals surface area contributed by atoms with E-state index < -0.39 is 0 Å². The van der Waals surface area contributed by atoms with Gasteiger partial charge in [-0.15, -0.1) is 0 Å². The number of nitrogens with one attached hydrogen (secondary N) is 1. The lowest BCUT2D eigenvalue weighted by molar-refractivity contribution is -0.617. The quantitative estimate of drug-likeness (QED) is 0.258. The lowest BCUT2D eigenvalue weighted by Crippen LogP contribution is -2.29. The number of imidazole rings is 1. The molecule has 0 saturated heterocycles. The van der Waals surface area contributed by atoms with Crippen LogP contribution in [0.25, 0.3) is 38.6 Å². The lowest BCUT2D eigenvalue weighted by atomic mass is 10.1. The summed E-state index contributed by atoms with van der Waals surface area (Å²) >= 11 is 0. The molecule has 0 unspecified atom stereocenters. The highest BCUT2D eigenvalue weighted by Gasteiger charge is 2.25. The van der Waals surface area contributed by atoms with Crippen molar-refractivity contribution in [3.63, 3.8) is 0 Å². The maximum absolute atomic E-state index is 9.71. The van der Waals surface area contributed by atoms with Gasteiger partial charge in [0.1, 0.15) is 17.0 Å². The van der Waals surface area contributed by atoms with Crippen molar-refractivity contribution in [2.45, 2.75) is 0 Å². The molecule has 0 aliphatic carbocycles. The van der Waals surface area contributed by atoms with Crippen LogP contribution in [0.15, 0.2) is 52.9 Å². The number of aryl methyl sites for hydroxylation is 1. The molecule has 0 aliphatic rings. The molecule has 3 N–H and O–H groups in total. The first-order chi connectivity index (χ1) is 12.6. The molecule has 0 amide bonds. The molecule has 0 aliphatic heterocycles. The first kappa shape index (κ1) is 14.5. The predicted molar refractivity (Wildman–Crippen MR) is 98.3 cm³/mol. The molecule has 0 radical (unpaired) electrons. The van der Waals surface area contributed by atoms with Crippen molar-refractivity contribution in [3.8, 4) is 6.07 Å². The SMILES string of the molecule is C[n+]1c2ccccc2n2c(=N)c(C#N)c3oc4cc(N)ccc4cc3c21. The molecule has 5 aromatic rings. The van der Waals surface area contributed by atoms with Gasteiger partial charge in [-0.25, -0.2) is 4.57 Å². The second kappa shape index (κ2) is 4.83. The molecule has 0 atom stereocenters. The fraction of sp³-hybridized carbons (Fsp3) is 0.0500. The summed E-state index contributed by atoms with van der Waals surface area (Å²) in [4.78, 5) is 0. The van der Waals surface area contributed by atoms with Crippen molar-refractivity contribution < 1.29 is 8.98 Å². The third-order valence-corrected chi connectivity index (χ3v) is 4.85. The average Bonchev–Trinajstić information content (AvgIpc) is 2.95. The number of para-hydroxylation sites is 2. The van der Waals surface area contributed by atoms with E-state index >= 15 is 0 Å². The number of hydrogen-bond acceptors (Lipinski definition) is 4. The van der Waals surface area contributed by atoms with E-state index in [0.29, 0.717) is 16.9 Å². The van der Waals surface area contributed by atoms with Gasteiger partial charge in [-0.2, -0.15) is 9.66 Å². The fourth-order valence-electron chi connectivity index (χ4n) is 3.66. The van der Waals surface area contributed by atoms with Gasteiger partial charge in [-0.3, -0.25) is 5.41 Å². The van der Waals surface area contributed by atoms with Crippen LogP contribution in [0.2, 0.25) is 0 Å². The smallest absolute Gasteiger partial charge is 0.300 e. The number of pyridine rings is 1. The van der Waals surface area contributed by atoms with Crippen LogP contribution in [0, 0.1) is 16.7 Å². The predicted octanol–water partition coefficient (Wildman–Crippen LogP) is 2.75. The summed E-state index contributed by atoms with van der Waals surface area (Å²) in [5.74, 6) is 0. The molecular weight excluding hydrogens is 326 g/mol. The Labute approximate surface area is 147 Å². The van der Waals surface area contributed by atoms with E-state index in [1.807, 2.05) is 54.1 Å². The third-order valence-electron chi connectivity index (χ3n) is 4.85. The molecule has 124 valence electrons. The van der Waals surface area contributed by atoms with Gasteiger partial charge < -0.3 is 10.2 Å². The van der Waals surface area contributed by atoms with Gasteiger partial charge >= 0.3 is 0 Å². The van der Waals surface area contributed by atoms with Crippen LogP contribution in [0.4, 0.5) is 5.69 Å². The summed E-state index contributed by atoms with van der Waals surface area (Å²) in [7, 11) is 1.95. The zero-order valence-electron chi connectivity index (χ0n) is 13.9. The van der Waals surface area contributed by atoms with E-state index in [1.54, 1.807) is 10.5 Å². The number of hydrogen-bond donors (Lipinski definition) is 2. The number of anilines is 1. The molecule has 6 nitrogen and oxygen atoms in total. The summed E-state index contributed by atoms with van der Waals surface area (Å²) in [5, 5.41) is 20.0. The Kier molecular flexibility index (Phi) is 2.69.